The highest BCUT2D eigenvalue weighted by molar-refractivity contribution is 5.73. The summed E-state index contributed by atoms with van der Waals surface area (Å²) >= 11 is 0. The zero-order chi connectivity index (χ0) is 10.8. The standard InChI is InChI=1S/C12H22N2O/c1-9(15)13-11-7-8-14(2)12-6-4-3-5-10(11)12/h10-12H,3-8H2,1-2H3,(H,13,15)/t10-,11?,12+/m0/s1. The minimum atomic E-state index is 0.133. The smallest absolute Gasteiger partial charge is 0.217 e. The van der Waals surface area contributed by atoms with Crippen LogP contribution >= 0.6 is 0 Å². The van der Waals surface area contributed by atoms with Crippen molar-refractivity contribution in [2.24, 2.45) is 5.92 Å². The normalized spacial score (nSPS) is 37.1. The SMILES string of the molecule is CC(=O)NC1CCN(C)[C@@H]2CCCC[C@@H]12. The summed E-state index contributed by atoms with van der Waals surface area (Å²) in [6.45, 7) is 2.77. The molecule has 86 valence electrons. The first-order chi connectivity index (χ1) is 7.18. The maximum atomic E-state index is 11.1. The fourth-order valence-electron chi connectivity index (χ4n) is 3.32. The summed E-state index contributed by atoms with van der Waals surface area (Å²) < 4.78 is 0. The van der Waals surface area contributed by atoms with Crippen molar-refractivity contribution in [3.05, 3.63) is 0 Å². The Bertz CT molecular complexity index is 242. The Balaban J connectivity index is 2.03. The number of hydrogen-bond acceptors (Lipinski definition) is 2. The Kier molecular flexibility index (Phi) is 3.29. The number of hydrogen-bond donors (Lipinski definition) is 1. The summed E-state index contributed by atoms with van der Waals surface area (Å²) in [6.07, 6.45) is 6.43. The van der Waals surface area contributed by atoms with E-state index in [-0.39, 0.29) is 5.91 Å². The van der Waals surface area contributed by atoms with E-state index in [9.17, 15) is 4.79 Å². The van der Waals surface area contributed by atoms with E-state index < -0.39 is 0 Å². The molecule has 1 unspecified atom stereocenters. The van der Waals surface area contributed by atoms with Crippen LogP contribution < -0.4 is 5.32 Å². The molecule has 3 atom stereocenters. The summed E-state index contributed by atoms with van der Waals surface area (Å²) in [5.74, 6) is 0.829. The van der Waals surface area contributed by atoms with Crippen LogP contribution in [-0.2, 0) is 4.79 Å². The second kappa shape index (κ2) is 4.52. The van der Waals surface area contributed by atoms with Crippen LogP contribution in [0.1, 0.15) is 39.0 Å². The molecule has 2 fully saturated rings. The predicted octanol–water partition coefficient (Wildman–Crippen LogP) is 1.39. The largest absolute Gasteiger partial charge is 0.353 e. The van der Waals surface area contributed by atoms with Crippen molar-refractivity contribution < 1.29 is 4.79 Å². The van der Waals surface area contributed by atoms with E-state index in [1.165, 1.54) is 25.7 Å². The molecular formula is C12H22N2O. The summed E-state index contributed by atoms with van der Waals surface area (Å²) in [4.78, 5) is 13.6. The van der Waals surface area contributed by atoms with Crippen LogP contribution in [0, 0.1) is 5.92 Å². The van der Waals surface area contributed by atoms with Crippen LogP contribution in [0.3, 0.4) is 0 Å². The molecule has 0 aromatic rings. The lowest BCUT2D eigenvalue weighted by Gasteiger charge is -2.46. The highest BCUT2D eigenvalue weighted by atomic mass is 16.1. The van der Waals surface area contributed by atoms with Crippen molar-refractivity contribution in [2.75, 3.05) is 13.6 Å². The van der Waals surface area contributed by atoms with Gasteiger partial charge in [0.15, 0.2) is 0 Å². The number of amides is 1. The number of carbonyl (C=O) groups is 1. The molecule has 0 aromatic carbocycles. The lowest BCUT2D eigenvalue weighted by Crippen LogP contribution is -2.56. The van der Waals surface area contributed by atoms with E-state index in [1.807, 2.05) is 0 Å². The minimum Gasteiger partial charge on any atom is -0.353 e. The van der Waals surface area contributed by atoms with Gasteiger partial charge in [0.2, 0.25) is 5.91 Å². The summed E-state index contributed by atoms with van der Waals surface area (Å²) in [5, 5.41) is 3.14. The molecule has 3 heteroatoms. The van der Waals surface area contributed by atoms with Crippen molar-refractivity contribution in [2.45, 2.75) is 51.1 Å². The number of nitrogens with zero attached hydrogens (tertiary/aromatic N) is 1. The first kappa shape index (κ1) is 10.9. The fraction of sp³-hybridized carbons (Fsp3) is 0.917. The fourth-order valence-corrected chi connectivity index (χ4v) is 3.32. The Morgan fingerprint density at radius 2 is 2.00 bits per heavy atom. The lowest BCUT2D eigenvalue weighted by atomic mass is 9.75. The van der Waals surface area contributed by atoms with Crippen molar-refractivity contribution in [1.82, 2.24) is 10.2 Å². The number of fused-ring (bicyclic) bond motifs is 1. The van der Waals surface area contributed by atoms with Crippen LogP contribution in [0.5, 0.6) is 0 Å². The third kappa shape index (κ3) is 2.33. The zero-order valence-electron chi connectivity index (χ0n) is 9.83. The van der Waals surface area contributed by atoms with E-state index >= 15 is 0 Å². The topological polar surface area (TPSA) is 32.3 Å². The van der Waals surface area contributed by atoms with E-state index in [1.54, 1.807) is 6.92 Å². The van der Waals surface area contributed by atoms with Gasteiger partial charge in [-0.2, -0.15) is 0 Å². The zero-order valence-corrected chi connectivity index (χ0v) is 9.83. The van der Waals surface area contributed by atoms with Crippen LogP contribution in [-0.4, -0.2) is 36.5 Å². The molecule has 2 rings (SSSR count). The van der Waals surface area contributed by atoms with Crippen LogP contribution in [0.4, 0.5) is 0 Å². The molecule has 0 bridgehead atoms. The van der Waals surface area contributed by atoms with Crippen molar-refractivity contribution >= 4 is 5.91 Å². The highest BCUT2D eigenvalue weighted by Crippen LogP contribution is 2.34. The predicted molar refractivity (Wildman–Crippen MR) is 60.6 cm³/mol. The van der Waals surface area contributed by atoms with E-state index in [0.717, 1.165) is 13.0 Å². The Morgan fingerprint density at radius 1 is 1.27 bits per heavy atom. The summed E-state index contributed by atoms with van der Waals surface area (Å²) in [6, 6.07) is 1.15. The number of likely N-dealkylation sites (tertiary alicyclic amines) is 1. The molecule has 0 aromatic heterocycles. The van der Waals surface area contributed by atoms with E-state index in [2.05, 4.69) is 17.3 Å². The van der Waals surface area contributed by atoms with Gasteiger partial charge in [-0.1, -0.05) is 12.8 Å². The molecule has 2 aliphatic rings. The number of rotatable bonds is 1. The van der Waals surface area contributed by atoms with Gasteiger partial charge in [-0.05, 0) is 32.2 Å². The minimum absolute atomic E-state index is 0.133. The molecule has 1 saturated heterocycles. The van der Waals surface area contributed by atoms with Gasteiger partial charge < -0.3 is 10.2 Å². The molecule has 1 heterocycles. The van der Waals surface area contributed by atoms with Crippen molar-refractivity contribution in [3.8, 4) is 0 Å². The monoisotopic (exact) mass is 210 g/mol. The Morgan fingerprint density at radius 3 is 2.73 bits per heavy atom. The van der Waals surface area contributed by atoms with Gasteiger partial charge in [-0.3, -0.25) is 4.79 Å². The summed E-state index contributed by atoms with van der Waals surface area (Å²) in [7, 11) is 2.23. The number of carbonyl (C=O) groups excluding carboxylic acids is 1. The van der Waals surface area contributed by atoms with Gasteiger partial charge in [0.05, 0.1) is 0 Å². The molecule has 1 aliphatic carbocycles. The van der Waals surface area contributed by atoms with Gasteiger partial charge in [0.1, 0.15) is 0 Å². The maximum absolute atomic E-state index is 11.1. The number of nitrogens with one attached hydrogen (secondary N) is 1. The van der Waals surface area contributed by atoms with Crippen molar-refractivity contribution in [1.29, 1.82) is 0 Å². The van der Waals surface area contributed by atoms with Gasteiger partial charge >= 0.3 is 0 Å². The Hall–Kier alpha value is -0.570. The molecule has 3 nitrogen and oxygen atoms in total. The quantitative estimate of drug-likeness (QED) is 0.709. The molecule has 1 saturated carbocycles. The first-order valence-electron chi connectivity index (χ1n) is 6.16. The maximum Gasteiger partial charge on any atom is 0.217 e. The molecule has 0 radical (unpaired) electrons. The second-order valence-electron chi connectivity index (χ2n) is 5.09. The average Bonchev–Trinajstić information content (AvgIpc) is 2.22. The second-order valence-corrected chi connectivity index (χ2v) is 5.09. The molecule has 1 amide bonds. The van der Waals surface area contributed by atoms with Crippen molar-refractivity contribution in [3.63, 3.8) is 0 Å². The van der Waals surface area contributed by atoms with E-state index in [4.69, 9.17) is 0 Å². The summed E-state index contributed by atoms with van der Waals surface area (Å²) in [5.41, 5.74) is 0. The average molecular weight is 210 g/mol. The number of piperidine rings is 1. The van der Waals surface area contributed by atoms with Crippen LogP contribution in [0.2, 0.25) is 0 Å². The Labute approximate surface area is 92.2 Å². The van der Waals surface area contributed by atoms with E-state index in [0.29, 0.717) is 18.0 Å². The first-order valence-corrected chi connectivity index (χ1v) is 6.16. The third-order valence-corrected chi connectivity index (χ3v) is 4.05. The van der Waals surface area contributed by atoms with Gasteiger partial charge in [-0.25, -0.2) is 0 Å². The molecule has 15 heavy (non-hydrogen) atoms. The molecular weight excluding hydrogens is 188 g/mol. The van der Waals surface area contributed by atoms with Gasteiger partial charge in [0, 0.05) is 25.6 Å². The van der Waals surface area contributed by atoms with Gasteiger partial charge in [-0.15, -0.1) is 0 Å². The van der Waals surface area contributed by atoms with Gasteiger partial charge in [0.25, 0.3) is 0 Å². The third-order valence-electron chi connectivity index (χ3n) is 4.05. The molecule has 1 aliphatic heterocycles. The molecule has 0 spiro atoms. The van der Waals surface area contributed by atoms with Crippen LogP contribution in [0.25, 0.3) is 0 Å². The highest BCUT2D eigenvalue weighted by Gasteiger charge is 2.37. The van der Waals surface area contributed by atoms with Crippen LogP contribution in [0.15, 0.2) is 0 Å². The lowest BCUT2D eigenvalue weighted by molar-refractivity contribution is -0.120. The molecule has 1 N–H and O–H groups in total.